The summed E-state index contributed by atoms with van der Waals surface area (Å²) in [5.74, 6) is -1.09. The molecule has 25 heavy (non-hydrogen) atoms. The molecule has 0 radical (unpaired) electrons. The average Bonchev–Trinajstić information content (AvgIpc) is 2.73. The van der Waals surface area contributed by atoms with Gasteiger partial charge in [-0.15, -0.1) is 5.10 Å². The van der Waals surface area contributed by atoms with Crippen LogP contribution in [0.5, 0.6) is 0 Å². The number of amides is 1. The van der Waals surface area contributed by atoms with Crippen LogP contribution in [0.3, 0.4) is 0 Å². The Bertz CT molecular complexity index is 598. The standard InChI is InChI=1S/C17H28N4O4/c1-17(2,3)25-16(24)18-11-10-13-14(15(22)23)19-20-21(13)12-8-6-4-5-7-9-12/h12H,4-11H2,1-3H3,(H,18,24)(H,22,23). The zero-order chi connectivity index (χ0) is 18.4. The van der Waals surface area contributed by atoms with E-state index < -0.39 is 17.7 Å². The second kappa shape index (κ2) is 8.31. The first-order valence-electron chi connectivity index (χ1n) is 8.92. The van der Waals surface area contributed by atoms with Crippen molar-refractivity contribution in [3.05, 3.63) is 11.4 Å². The minimum Gasteiger partial charge on any atom is -0.476 e. The van der Waals surface area contributed by atoms with Gasteiger partial charge in [0.05, 0.1) is 11.7 Å². The molecule has 0 aromatic carbocycles. The van der Waals surface area contributed by atoms with Crippen LogP contribution in [0.1, 0.15) is 81.5 Å². The Balaban J connectivity index is 2.05. The Morgan fingerprint density at radius 2 is 1.88 bits per heavy atom. The third-order valence-electron chi connectivity index (χ3n) is 4.19. The van der Waals surface area contributed by atoms with Crippen LogP contribution in [0.15, 0.2) is 0 Å². The van der Waals surface area contributed by atoms with Crippen molar-refractivity contribution in [2.75, 3.05) is 6.54 Å². The number of carboxylic acid groups (broad SMARTS) is 1. The summed E-state index contributed by atoms with van der Waals surface area (Å²) in [7, 11) is 0. The van der Waals surface area contributed by atoms with E-state index in [1.54, 1.807) is 25.5 Å². The largest absolute Gasteiger partial charge is 0.476 e. The lowest BCUT2D eigenvalue weighted by Crippen LogP contribution is -2.34. The number of hydrogen-bond donors (Lipinski definition) is 2. The third-order valence-corrected chi connectivity index (χ3v) is 4.19. The van der Waals surface area contributed by atoms with Gasteiger partial charge in [-0.3, -0.25) is 0 Å². The van der Waals surface area contributed by atoms with E-state index in [2.05, 4.69) is 15.6 Å². The summed E-state index contributed by atoms with van der Waals surface area (Å²) >= 11 is 0. The van der Waals surface area contributed by atoms with Crippen LogP contribution < -0.4 is 5.32 Å². The molecule has 8 nitrogen and oxygen atoms in total. The Morgan fingerprint density at radius 1 is 1.24 bits per heavy atom. The van der Waals surface area contributed by atoms with Gasteiger partial charge in [-0.25, -0.2) is 14.3 Å². The molecule has 0 atom stereocenters. The maximum absolute atomic E-state index is 11.8. The summed E-state index contributed by atoms with van der Waals surface area (Å²) in [5, 5.41) is 20.0. The molecule has 8 heteroatoms. The summed E-state index contributed by atoms with van der Waals surface area (Å²) in [5.41, 5.74) is -0.0364. The number of ether oxygens (including phenoxy) is 1. The van der Waals surface area contributed by atoms with Crippen LogP contribution >= 0.6 is 0 Å². The van der Waals surface area contributed by atoms with Crippen molar-refractivity contribution in [2.45, 2.75) is 77.4 Å². The molecule has 1 aliphatic rings. The van der Waals surface area contributed by atoms with Crippen molar-refractivity contribution in [2.24, 2.45) is 0 Å². The molecule has 1 aromatic heterocycles. The van der Waals surface area contributed by atoms with E-state index >= 15 is 0 Å². The first kappa shape index (κ1) is 19.2. The van der Waals surface area contributed by atoms with Crippen LogP contribution in [0, 0.1) is 0 Å². The van der Waals surface area contributed by atoms with E-state index in [-0.39, 0.29) is 18.3 Å². The Hall–Kier alpha value is -2.12. The number of rotatable bonds is 5. The van der Waals surface area contributed by atoms with Gasteiger partial charge < -0.3 is 15.2 Å². The highest BCUT2D eigenvalue weighted by molar-refractivity contribution is 5.86. The second-order valence-corrected chi connectivity index (χ2v) is 7.46. The summed E-state index contributed by atoms with van der Waals surface area (Å²) in [4.78, 5) is 23.2. The van der Waals surface area contributed by atoms with Crippen LogP contribution in [-0.2, 0) is 11.2 Å². The monoisotopic (exact) mass is 352 g/mol. The number of hydrogen-bond acceptors (Lipinski definition) is 5. The number of carbonyl (C=O) groups excluding carboxylic acids is 1. The number of carbonyl (C=O) groups is 2. The zero-order valence-electron chi connectivity index (χ0n) is 15.2. The SMILES string of the molecule is CC(C)(C)OC(=O)NCCc1c(C(=O)O)nnn1C1CCCCCC1. The molecule has 1 aliphatic carbocycles. The molecule has 1 saturated carbocycles. The number of carboxylic acids is 1. The minimum atomic E-state index is -1.09. The van der Waals surface area contributed by atoms with Gasteiger partial charge in [0.2, 0.25) is 0 Å². The number of nitrogens with zero attached hydrogens (tertiary/aromatic N) is 3. The van der Waals surface area contributed by atoms with E-state index in [4.69, 9.17) is 4.74 Å². The van der Waals surface area contributed by atoms with Gasteiger partial charge in [0.1, 0.15) is 5.60 Å². The molecule has 0 unspecified atom stereocenters. The molecular formula is C17H28N4O4. The average molecular weight is 352 g/mol. The Labute approximate surface area is 147 Å². The predicted octanol–water partition coefficient (Wildman–Crippen LogP) is 2.94. The highest BCUT2D eigenvalue weighted by atomic mass is 16.6. The van der Waals surface area contributed by atoms with Crippen LogP contribution in [0.25, 0.3) is 0 Å². The number of aromatic nitrogens is 3. The fourth-order valence-corrected chi connectivity index (χ4v) is 3.11. The topological polar surface area (TPSA) is 106 Å². The van der Waals surface area contributed by atoms with Crippen molar-refractivity contribution in [3.8, 4) is 0 Å². The van der Waals surface area contributed by atoms with E-state index in [9.17, 15) is 14.7 Å². The lowest BCUT2D eigenvalue weighted by atomic mass is 10.1. The maximum Gasteiger partial charge on any atom is 0.407 e. The van der Waals surface area contributed by atoms with E-state index in [0.717, 1.165) is 25.7 Å². The van der Waals surface area contributed by atoms with Gasteiger partial charge in [0, 0.05) is 13.0 Å². The van der Waals surface area contributed by atoms with Gasteiger partial charge in [0.25, 0.3) is 0 Å². The molecule has 0 aliphatic heterocycles. The molecule has 140 valence electrons. The van der Waals surface area contributed by atoms with Gasteiger partial charge in [0.15, 0.2) is 5.69 Å². The quantitative estimate of drug-likeness (QED) is 0.789. The van der Waals surface area contributed by atoms with Gasteiger partial charge >= 0.3 is 12.1 Å². The van der Waals surface area contributed by atoms with Gasteiger partial charge in [-0.2, -0.15) is 0 Å². The summed E-state index contributed by atoms with van der Waals surface area (Å²) in [6.45, 7) is 5.65. The lowest BCUT2D eigenvalue weighted by molar-refractivity contribution is 0.0528. The molecule has 0 bridgehead atoms. The Kier molecular flexibility index (Phi) is 6.39. The lowest BCUT2D eigenvalue weighted by Gasteiger charge is -2.20. The smallest absolute Gasteiger partial charge is 0.407 e. The van der Waals surface area contributed by atoms with E-state index in [1.807, 2.05) is 0 Å². The molecule has 2 rings (SSSR count). The summed E-state index contributed by atoms with van der Waals surface area (Å²) in [6, 6.07) is 0.180. The van der Waals surface area contributed by atoms with Crippen molar-refractivity contribution in [1.82, 2.24) is 20.3 Å². The minimum absolute atomic E-state index is 0.0322. The van der Waals surface area contributed by atoms with Crippen molar-refractivity contribution >= 4 is 12.1 Å². The fourth-order valence-electron chi connectivity index (χ4n) is 3.11. The van der Waals surface area contributed by atoms with Gasteiger partial charge in [-0.05, 0) is 33.6 Å². The van der Waals surface area contributed by atoms with Crippen molar-refractivity contribution < 1.29 is 19.4 Å². The van der Waals surface area contributed by atoms with Gasteiger partial charge in [-0.1, -0.05) is 30.9 Å². The van der Waals surface area contributed by atoms with Crippen LogP contribution in [0.4, 0.5) is 4.79 Å². The molecule has 1 heterocycles. The number of nitrogens with one attached hydrogen (secondary N) is 1. The molecule has 1 aromatic rings. The summed E-state index contributed by atoms with van der Waals surface area (Å²) in [6.07, 6.45) is 6.43. The highest BCUT2D eigenvalue weighted by Gasteiger charge is 2.24. The third kappa shape index (κ3) is 5.72. The molecule has 2 N–H and O–H groups in total. The normalized spacial score (nSPS) is 16.3. The molecular weight excluding hydrogens is 324 g/mol. The number of aromatic carboxylic acids is 1. The zero-order valence-corrected chi connectivity index (χ0v) is 15.2. The maximum atomic E-state index is 11.8. The summed E-state index contributed by atoms with van der Waals surface area (Å²) < 4.78 is 6.95. The highest BCUT2D eigenvalue weighted by Crippen LogP contribution is 2.28. The molecule has 0 spiro atoms. The molecule has 1 fully saturated rings. The van der Waals surface area contributed by atoms with Crippen molar-refractivity contribution in [1.29, 1.82) is 0 Å². The first-order chi connectivity index (χ1) is 11.8. The predicted molar refractivity (Wildman–Crippen MR) is 91.7 cm³/mol. The first-order valence-corrected chi connectivity index (χ1v) is 8.92. The molecule has 0 saturated heterocycles. The Morgan fingerprint density at radius 3 is 2.44 bits per heavy atom. The van der Waals surface area contributed by atoms with Crippen LogP contribution in [0.2, 0.25) is 0 Å². The number of alkyl carbamates (subject to hydrolysis) is 1. The molecule has 1 amide bonds. The van der Waals surface area contributed by atoms with Crippen molar-refractivity contribution in [3.63, 3.8) is 0 Å². The van der Waals surface area contributed by atoms with Crippen LogP contribution in [-0.4, -0.2) is 44.3 Å². The fraction of sp³-hybridized carbons (Fsp3) is 0.765. The van der Waals surface area contributed by atoms with E-state index in [1.165, 1.54) is 12.8 Å². The van der Waals surface area contributed by atoms with E-state index in [0.29, 0.717) is 12.1 Å². The second-order valence-electron chi connectivity index (χ2n) is 7.46.